The topological polar surface area (TPSA) is 0 Å². The zero-order valence-electron chi connectivity index (χ0n) is 11.0. The van der Waals surface area contributed by atoms with Crippen molar-refractivity contribution in [3.63, 3.8) is 0 Å². The molecule has 1 heteroatoms. The van der Waals surface area contributed by atoms with E-state index in [9.17, 15) is 0 Å². The summed E-state index contributed by atoms with van der Waals surface area (Å²) in [6.07, 6.45) is 6.99. The molecule has 94 valence electrons. The lowest BCUT2D eigenvalue weighted by Crippen LogP contribution is -2.19. The molecule has 0 N–H and O–H groups in total. The van der Waals surface area contributed by atoms with Crippen LogP contribution in [0.4, 0.5) is 0 Å². The Morgan fingerprint density at radius 2 is 2.00 bits per heavy atom. The van der Waals surface area contributed by atoms with Crippen LogP contribution in [0, 0.1) is 5.92 Å². The fourth-order valence-electron chi connectivity index (χ4n) is 3.18. The van der Waals surface area contributed by atoms with Gasteiger partial charge in [0.2, 0.25) is 0 Å². The largest absolute Gasteiger partial charge is 0.135 e. The normalized spacial score (nSPS) is 18.5. The summed E-state index contributed by atoms with van der Waals surface area (Å²) >= 11 is 1.92. The van der Waals surface area contributed by atoms with Crippen LogP contribution in [0.3, 0.4) is 0 Å². The van der Waals surface area contributed by atoms with Crippen LogP contribution in [-0.2, 0) is 0 Å². The van der Waals surface area contributed by atoms with Gasteiger partial charge in [0.15, 0.2) is 0 Å². The standard InChI is InChI=1S/C17H20S/c1-12(11-14-7-3-4-8-14)17-13(2)15-9-5-6-10-16(15)18-17/h5-6,9-10,14H,2-4,7-8,11H2,1H3/b17-12-. The van der Waals surface area contributed by atoms with Gasteiger partial charge in [-0.2, -0.15) is 0 Å². The molecule has 0 spiro atoms. The maximum atomic E-state index is 4.29. The van der Waals surface area contributed by atoms with Gasteiger partial charge in [-0.3, -0.25) is 0 Å². The summed E-state index contributed by atoms with van der Waals surface area (Å²) in [5, 5.41) is 2.58. The minimum absolute atomic E-state index is 0.926. The summed E-state index contributed by atoms with van der Waals surface area (Å²) in [5.74, 6) is 0.926. The molecule has 1 heterocycles. The Morgan fingerprint density at radius 1 is 1.28 bits per heavy atom. The van der Waals surface area contributed by atoms with E-state index in [1.54, 1.807) is 5.57 Å². The number of benzene rings is 1. The van der Waals surface area contributed by atoms with Crippen molar-refractivity contribution in [2.75, 3.05) is 0 Å². The van der Waals surface area contributed by atoms with Crippen LogP contribution >= 0.6 is 11.3 Å². The smallest absolute Gasteiger partial charge is 0.0355 e. The zero-order valence-corrected chi connectivity index (χ0v) is 11.9. The van der Waals surface area contributed by atoms with Gasteiger partial charge < -0.3 is 0 Å². The van der Waals surface area contributed by atoms with Gasteiger partial charge in [-0.1, -0.05) is 56.0 Å². The van der Waals surface area contributed by atoms with E-state index < -0.39 is 0 Å². The van der Waals surface area contributed by atoms with Gasteiger partial charge in [0.05, 0.1) is 0 Å². The van der Waals surface area contributed by atoms with E-state index in [-0.39, 0.29) is 0 Å². The van der Waals surface area contributed by atoms with Crippen molar-refractivity contribution >= 4 is 33.6 Å². The Kier molecular flexibility index (Phi) is 3.25. The van der Waals surface area contributed by atoms with Crippen molar-refractivity contribution in [1.82, 2.24) is 0 Å². The van der Waals surface area contributed by atoms with Gasteiger partial charge in [-0.15, -0.1) is 11.3 Å². The summed E-state index contributed by atoms with van der Waals surface area (Å²) in [5.41, 5.74) is 1.55. The number of fused-ring (bicyclic) bond motifs is 1. The monoisotopic (exact) mass is 256 g/mol. The molecular weight excluding hydrogens is 236 g/mol. The van der Waals surface area contributed by atoms with Gasteiger partial charge >= 0.3 is 0 Å². The summed E-state index contributed by atoms with van der Waals surface area (Å²) in [6, 6.07) is 8.63. The molecular formula is C17H20S. The van der Waals surface area contributed by atoms with E-state index in [1.807, 2.05) is 11.3 Å². The van der Waals surface area contributed by atoms with E-state index in [2.05, 4.69) is 37.8 Å². The van der Waals surface area contributed by atoms with Crippen LogP contribution in [0.1, 0.15) is 39.0 Å². The van der Waals surface area contributed by atoms with E-state index in [4.69, 9.17) is 0 Å². The predicted molar refractivity (Wildman–Crippen MR) is 82.3 cm³/mol. The zero-order chi connectivity index (χ0) is 12.5. The molecule has 1 aliphatic carbocycles. The van der Waals surface area contributed by atoms with Crippen molar-refractivity contribution in [3.05, 3.63) is 34.0 Å². The molecule has 0 unspecified atom stereocenters. The Morgan fingerprint density at radius 3 is 2.72 bits per heavy atom. The lowest BCUT2D eigenvalue weighted by molar-refractivity contribution is 0.563. The van der Waals surface area contributed by atoms with Crippen LogP contribution in [0.25, 0.3) is 22.2 Å². The van der Waals surface area contributed by atoms with Gasteiger partial charge in [-0.25, -0.2) is 0 Å². The Hall–Kier alpha value is -1.08. The maximum absolute atomic E-state index is 4.29. The van der Waals surface area contributed by atoms with Crippen LogP contribution in [-0.4, -0.2) is 0 Å². The summed E-state index contributed by atoms with van der Waals surface area (Å²) < 4.78 is 2.81. The van der Waals surface area contributed by atoms with Gasteiger partial charge in [0, 0.05) is 9.23 Å². The molecule has 1 fully saturated rings. The molecule has 0 saturated heterocycles. The maximum Gasteiger partial charge on any atom is 0.0355 e. The molecule has 0 radical (unpaired) electrons. The number of rotatable bonds is 2. The Labute approximate surface area is 113 Å². The highest BCUT2D eigenvalue weighted by Gasteiger charge is 2.15. The quantitative estimate of drug-likeness (QED) is 0.760. The minimum Gasteiger partial charge on any atom is -0.135 e. The molecule has 2 aromatic rings. The van der Waals surface area contributed by atoms with E-state index in [1.165, 1.54) is 51.9 Å². The second kappa shape index (κ2) is 4.89. The van der Waals surface area contributed by atoms with E-state index in [0.29, 0.717) is 0 Å². The molecule has 1 aromatic heterocycles. The summed E-state index contributed by atoms with van der Waals surface area (Å²) in [7, 11) is 0. The fraction of sp³-hybridized carbons (Fsp3) is 0.412. The molecule has 3 rings (SSSR count). The lowest BCUT2D eigenvalue weighted by Gasteiger charge is -2.07. The summed E-state index contributed by atoms with van der Waals surface area (Å²) in [4.78, 5) is 0. The first kappa shape index (κ1) is 12.0. The van der Waals surface area contributed by atoms with Gasteiger partial charge in [0.1, 0.15) is 0 Å². The fourth-order valence-corrected chi connectivity index (χ4v) is 4.34. The molecule has 1 aromatic carbocycles. The third kappa shape index (κ3) is 2.12. The Bertz CT molecular complexity index is 656. The minimum atomic E-state index is 0.926. The second-order valence-corrected chi connectivity index (χ2v) is 6.59. The van der Waals surface area contributed by atoms with Crippen molar-refractivity contribution < 1.29 is 0 Å². The molecule has 0 nitrogen and oxygen atoms in total. The molecule has 0 amide bonds. The number of hydrogen-bond donors (Lipinski definition) is 0. The second-order valence-electron chi connectivity index (χ2n) is 5.54. The van der Waals surface area contributed by atoms with Crippen LogP contribution in [0.5, 0.6) is 0 Å². The molecule has 0 bridgehead atoms. The molecule has 18 heavy (non-hydrogen) atoms. The lowest BCUT2D eigenvalue weighted by atomic mass is 9.99. The highest BCUT2D eigenvalue weighted by molar-refractivity contribution is 7.17. The molecule has 1 aliphatic rings. The molecule has 0 aliphatic heterocycles. The molecule has 1 saturated carbocycles. The van der Waals surface area contributed by atoms with Crippen molar-refractivity contribution in [2.24, 2.45) is 5.92 Å². The highest BCUT2D eigenvalue weighted by atomic mass is 32.1. The van der Waals surface area contributed by atoms with Gasteiger partial charge in [0.25, 0.3) is 0 Å². The van der Waals surface area contributed by atoms with Crippen LogP contribution < -0.4 is 9.75 Å². The van der Waals surface area contributed by atoms with Crippen LogP contribution in [0.15, 0.2) is 24.3 Å². The van der Waals surface area contributed by atoms with Crippen LogP contribution in [0.2, 0.25) is 0 Å². The average molecular weight is 256 g/mol. The van der Waals surface area contributed by atoms with Gasteiger partial charge in [-0.05, 0) is 35.9 Å². The van der Waals surface area contributed by atoms with Crippen molar-refractivity contribution in [2.45, 2.75) is 39.0 Å². The first-order chi connectivity index (χ1) is 8.75. The van der Waals surface area contributed by atoms with E-state index >= 15 is 0 Å². The third-order valence-electron chi connectivity index (χ3n) is 4.16. The highest BCUT2D eigenvalue weighted by Crippen LogP contribution is 2.30. The summed E-state index contributed by atoms with van der Waals surface area (Å²) in [6.45, 7) is 6.60. The first-order valence-corrected chi connectivity index (χ1v) is 7.73. The average Bonchev–Trinajstić information content (AvgIpc) is 2.98. The number of thiophene rings is 1. The number of hydrogen-bond acceptors (Lipinski definition) is 1. The molecule has 0 atom stereocenters. The van der Waals surface area contributed by atoms with Crippen molar-refractivity contribution in [1.29, 1.82) is 0 Å². The first-order valence-electron chi connectivity index (χ1n) is 6.92. The Balaban J connectivity index is 2.06. The predicted octanol–water partition coefficient (Wildman–Crippen LogP) is 4.06. The van der Waals surface area contributed by atoms with Crippen molar-refractivity contribution in [3.8, 4) is 0 Å². The SMILES string of the molecule is C=c1/c(=C(\C)CC2CCCC2)sc2ccccc12. The third-order valence-corrected chi connectivity index (χ3v) is 5.53. The van der Waals surface area contributed by atoms with E-state index in [0.717, 1.165) is 5.92 Å².